The first-order chi connectivity index (χ1) is 9.24. The lowest BCUT2D eigenvalue weighted by atomic mass is 10.1. The van der Waals surface area contributed by atoms with Crippen molar-refractivity contribution in [2.75, 3.05) is 11.9 Å². The number of benzene rings is 1. The zero-order chi connectivity index (χ0) is 13.2. The average Bonchev–Trinajstić information content (AvgIpc) is 2.45. The Morgan fingerprint density at radius 1 is 1.00 bits per heavy atom. The topological polar surface area (TPSA) is 7.12 Å². The van der Waals surface area contributed by atoms with Crippen LogP contribution in [0.4, 0.5) is 5.69 Å². The molecular formula is C17H17N2+. The van der Waals surface area contributed by atoms with Crippen molar-refractivity contribution in [3.8, 4) is 0 Å². The Balaban J connectivity index is 1.98. The zero-order valence-electron chi connectivity index (χ0n) is 11.2. The molecule has 19 heavy (non-hydrogen) atoms. The molecule has 0 fully saturated rings. The van der Waals surface area contributed by atoms with Crippen molar-refractivity contribution in [1.29, 1.82) is 0 Å². The summed E-state index contributed by atoms with van der Waals surface area (Å²) in [4.78, 5) is 2.22. The molecule has 1 aliphatic rings. The van der Waals surface area contributed by atoms with Crippen LogP contribution in [0.1, 0.15) is 11.1 Å². The number of aryl methyl sites for hydroxylation is 1. The fourth-order valence-electron chi connectivity index (χ4n) is 2.28. The highest BCUT2D eigenvalue weighted by atomic mass is 15.1. The zero-order valence-corrected chi connectivity index (χ0v) is 11.2. The summed E-state index contributed by atoms with van der Waals surface area (Å²) in [6.45, 7) is 0. The molecule has 0 bridgehead atoms. The lowest BCUT2D eigenvalue weighted by Crippen LogP contribution is -2.25. The molecule has 1 aromatic heterocycles. The van der Waals surface area contributed by atoms with E-state index in [4.69, 9.17) is 0 Å². The minimum atomic E-state index is 1.20. The fourth-order valence-corrected chi connectivity index (χ4v) is 2.28. The van der Waals surface area contributed by atoms with Gasteiger partial charge in [0.2, 0.25) is 0 Å². The number of fused-ring (bicyclic) bond motifs is 1. The summed E-state index contributed by atoms with van der Waals surface area (Å²) in [6.07, 6.45) is 10.7. The SMILES string of the molecule is CN1/C(=C/c2cc[n+](C)cc2)C=Cc2ccccc21. The molecule has 2 heterocycles. The van der Waals surface area contributed by atoms with Gasteiger partial charge in [-0.1, -0.05) is 24.3 Å². The van der Waals surface area contributed by atoms with Gasteiger partial charge in [0.1, 0.15) is 7.05 Å². The normalized spacial score (nSPS) is 15.7. The molecule has 0 saturated heterocycles. The smallest absolute Gasteiger partial charge is 0.169 e. The van der Waals surface area contributed by atoms with E-state index in [9.17, 15) is 0 Å². The molecule has 94 valence electrons. The molecule has 0 unspecified atom stereocenters. The number of aromatic nitrogens is 1. The monoisotopic (exact) mass is 249 g/mol. The van der Waals surface area contributed by atoms with E-state index in [2.05, 4.69) is 79.0 Å². The number of rotatable bonds is 1. The number of hydrogen-bond acceptors (Lipinski definition) is 1. The van der Waals surface area contributed by atoms with Crippen LogP contribution in [0.3, 0.4) is 0 Å². The number of hydrogen-bond donors (Lipinski definition) is 0. The first-order valence-electron chi connectivity index (χ1n) is 6.42. The Morgan fingerprint density at radius 3 is 2.53 bits per heavy atom. The summed E-state index contributed by atoms with van der Waals surface area (Å²) < 4.78 is 2.04. The van der Waals surface area contributed by atoms with E-state index in [1.807, 2.05) is 11.6 Å². The molecular weight excluding hydrogens is 232 g/mol. The summed E-state index contributed by atoms with van der Waals surface area (Å²) in [7, 11) is 4.14. The van der Waals surface area contributed by atoms with Crippen LogP contribution in [-0.4, -0.2) is 7.05 Å². The van der Waals surface area contributed by atoms with Crippen molar-refractivity contribution in [3.05, 3.63) is 71.7 Å². The molecule has 2 heteroatoms. The van der Waals surface area contributed by atoms with Gasteiger partial charge in [0.05, 0.1) is 0 Å². The molecule has 2 aromatic rings. The molecule has 0 spiro atoms. The van der Waals surface area contributed by atoms with Crippen molar-refractivity contribution in [2.24, 2.45) is 7.05 Å². The summed E-state index contributed by atoms with van der Waals surface area (Å²) in [5, 5.41) is 0. The van der Waals surface area contributed by atoms with Gasteiger partial charge in [-0.05, 0) is 29.3 Å². The minimum absolute atomic E-state index is 1.20. The van der Waals surface area contributed by atoms with Crippen LogP contribution >= 0.6 is 0 Å². The van der Waals surface area contributed by atoms with Gasteiger partial charge in [-0.3, -0.25) is 0 Å². The Morgan fingerprint density at radius 2 is 1.74 bits per heavy atom. The lowest BCUT2D eigenvalue weighted by Gasteiger charge is -2.26. The molecule has 0 N–H and O–H groups in total. The van der Waals surface area contributed by atoms with Crippen LogP contribution < -0.4 is 9.47 Å². The molecule has 0 aliphatic carbocycles. The van der Waals surface area contributed by atoms with Gasteiger partial charge in [-0.15, -0.1) is 0 Å². The van der Waals surface area contributed by atoms with E-state index in [0.29, 0.717) is 0 Å². The second-order valence-corrected chi connectivity index (χ2v) is 4.82. The number of anilines is 1. The van der Waals surface area contributed by atoms with E-state index >= 15 is 0 Å². The Hall–Kier alpha value is -2.35. The summed E-state index contributed by atoms with van der Waals surface area (Å²) in [6, 6.07) is 12.7. The number of allylic oxidation sites excluding steroid dienone is 1. The predicted octanol–water partition coefficient (Wildman–Crippen LogP) is 3.02. The van der Waals surface area contributed by atoms with Gasteiger partial charge in [-0.2, -0.15) is 0 Å². The van der Waals surface area contributed by atoms with Crippen molar-refractivity contribution in [1.82, 2.24) is 0 Å². The van der Waals surface area contributed by atoms with E-state index in [1.165, 1.54) is 22.5 Å². The summed E-state index contributed by atoms with van der Waals surface area (Å²) in [5.74, 6) is 0. The molecule has 3 rings (SSSR count). The number of pyridine rings is 1. The lowest BCUT2D eigenvalue weighted by molar-refractivity contribution is -0.671. The van der Waals surface area contributed by atoms with Crippen LogP contribution in [0.2, 0.25) is 0 Å². The summed E-state index contributed by atoms with van der Waals surface area (Å²) >= 11 is 0. The Kier molecular flexibility index (Phi) is 2.92. The van der Waals surface area contributed by atoms with E-state index in [-0.39, 0.29) is 0 Å². The van der Waals surface area contributed by atoms with Crippen molar-refractivity contribution in [2.45, 2.75) is 0 Å². The quantitative estimate of drug-likeness (QED) is 0.705. The third-order valence-electron chi connectivity index (χ3n) is 3.44. The van der Waals surface area contributed by atoms with Crippen LogP contribution in [0.5, 0.6) is 0 Å². The van der Waals surface area contributed by atoms with E-state index in [1.54, 1.807) is 0 Å². The van der Waals surface area contributed by atoms with Gasteiger partial charge in [0.25, 0.3) is 0 Å². The van der Waals surface area contributed by atoms with E-state index < -0.39 is 0 Å². The van der Waals surface area contributed by atoms with Crippen LogP contribution in [-0.2, 0) is 7.05 Å². The van der Waals surface area contributed by atoms with Crippen molar-refractivity contribution in [3.63, 3.8) is 0 Å². The average molecular weight is 249 g/mol. The highest BCUT2D eigenvalue weighted by Crippen LogP contribution is 2.29. The maximum atomic E-state index is 2.22. The largest absolute Gasteiger partial charge is 0.344 e. The second kappa shape index (κ2) is 4.73. The molecule has 1 aromatic carbocycles. The number of likely N-dealkylation sites (N-methyl/N-ethyl adjacent to an activating group) is 1. The van der Waals surface area contributed by atoms with Gasteiger partial charge in [0, 0.05) is 30.6 Å². The second-order valence-electron chi connectivity index (χ2n) is 4.82. The molecule has 0 saturated carbocycles. The van der Waals surface area contributed by atoms with Crippen molar-refractivity contribution < 1.29 is 4.57 Å². The molecule has 0 radical (unpaired) electrons. The first kappa shape index (κ1) is 11.7. The van der Waals surface area contributed by atoms with Gasteiger partial charge >= 0.3 is 0 Å². The molecule has 0 amide bonds. The fraction of sp³-hybridized carbons (Fsp3) is 0.118. The number of para-hydroxylation sites is 1. The van der Waals surface area contributed by atoms with Gasteiger partial charge in [-0.25, -0.2) is 4.57 Å². The highest BCUT2D eigenvalue weighted by Gasteiger charge is 2.12. The van der Waals surface area contributed by atoms with Gasteiger partial charge in [0.15, 0.2) is 12.4 Å². The summed E-state index contributed by atoms with van der Waals surface area (Å²) in [5.41, 5.74) is 4.93. The first-order valence-corrected chi connectivity index (χ1v) is 6.42. The molecule has 1 aliphatic heterocycles. The third-order valence-corrected chi connectivity index (χ3v) is 3.44. The minimum Gasteiger partial charge on any atom is -0.344 e. The maximum Gasteiger partial charge on any atom is 0.169 e. The van der Waals surface area contributed by atoms with Crippen molar-refractivity contribution >= 4 is 17.8 Å². The van der Waals surface area contributed by atoms with Crippen LogP contribution in [0, 0.1) is 0 Å². The highest BCUT2D eigenvalue weighted by molar-refractivity contribution is 5.79. The van der Waals surface area contributed by atoms with Crippen LogP contribution in [0.15, 0.2) is 60.6 Å². The maximum absolute atomic E-state index is 2.22. The Labute approximate surface area is 113 Å². The Bertz CT molecular complexity index is 651. The van der Waals surface area contributed by atoms with Crippen LogP contribution in [0.25, 0.3) is 12.2 Å². The molecule has 0 atom stereocenters. The third kappa shape index (κ3) is 2.29. The molecule has 2 nitrogen and oxygen atoms in total. The predicted molar refractivity (Wildman–Crippen MR) is 79.5 cm³/mol. The standard InChI is InChI=1S/C17H17N2/c1-18-11-9-14(10-12-18)13-16-8-7-15-5-3-4-6-17(15)19(16)2/h3-13H,1-2H3/q+1. The van der Waals surface area contributed by atoms with E-state index in [0.717, 1.165) is 0 Å². The van der Waals surface area contributed by atoms with Gasteiger partial charge < -0.3 is 4.90 Å². The number of nitrogens with zero attached hydrogens (tertiary/aromatic N) is 2.